The van der Waals surface area contributed by atoms with Gasteiger partial charge in [-0.2, -0.15) is 13.2 Å². The molecule has 0 atom stereocenters. The van der Waals surface area contributed by atoms with Crippen LogP contribution in [0.3, 0.4) is 0 Å². The summed E-state index contributed by atoms with van der Waals surface area (Å²) in [6, 6.07) is 3.50. The molecule has 0 heterocycles. The maximum Gasteiger partial charge on any atom is 0.417 e. The van der Waals surface area contributed by atoms with Crippen LogP contribution in [-0.2, 0) is 11.0 Å². The van der Waals surface area contributed by atoms with Crippen LogP contribution in [0.1, 0.15) is 24.5 Å². The van der Waals surface area contributed by atoms with Gasteiger partial charge in [0.25, 0.3) is 0 Å². The fraction of sp³-hybridized carbons (Fsp3) is 0.308. The van der Waals surface area contributed by atoms with Crippen LogP contribution in [0.25, 0.3) is 0 Å². The molecule has 1 N–H and O–H groups in total. The average Bonchev–Trinajstić information content (AvgIpc) is 2.28. The largest absolute Gasteiger partial charge is 0.417 e. The molecule has 1 rings (SSSR count). The molecule has 0 aliphatic carbocycles. The van der Waals surface area contributed by atoms with Crippen molar-refractivity contribution >= 4 is 17.5 Å². The molecule has 0 aromatic heterocycles. The number of rotatable bonds is 2. The first-order chi connectivity index (χ1) is 8.80. The predicted molar refractivity (Wildman–Crippen MR) is 66.6 cm³/mol. The zero-order chi connectivity index (χ0) is 14.5. The van der Waals surface area contributed by atoms with Crippen LogP contribution in [-0.4, -0.2) is 12.5 Å². The number of alkyl halides is 3. The van der Waals surface area contributed by atoms with E-state index >= 15 is 0 Å². The minimum atomic E-state index is -4.50. The Balaban J connectivity index is 2.75. The molecule has 2 nitrogen and oxygen atoms in total. The fourth-order valence-corrected chi connectivity index (χ4v) is 1.51. The zero-order valence-electron chi connectivity index (χ0n) is 10.1. The summed E-state index contributed by atoms with van der Waals surface area (Å²) >= 11 is 5.48. The van der Waals surface area contributed by atoms with Gasteiger partial charge < -0.3 is 5.32 Å². The fourth-order valence-electron chi connectivity index (χ4n) is 1.29. The lowest BCUT2D eigenvalue weighted by Crippen LogP contribution is -2.20. The van der Waals surface area contributed by atoms with E-state index in [0.717, 1.165) is 6.07 Å². The van der Waals surface area contributed by atoms with Crippen LogP contribution in [0.15, 0.2) is 18.2 Å². The van der Waals surface area contributed by atoms with Crippen LogP contribution >= 0.6 is 11.6 Å². The van der Waals surface area contributed by atoms with Crippen LogP contribution in [0.5, 0.6) is 0 Å². The van der Waals surface area contributed by atoms with E-state index in [2.05, 4.69) is 17.2 Å². The first kappa shape index (κ1) is 15.4. The molecule has 0 saturated heterocycles. The van der Waals surface area contributed by atoms with E-state index in [1.807, 2.05) is 0 Å². The minimum Gasteiger partial charge on any atom is -0.355 e. The molecule has 102 valence electrons. The van der Waals surface area contributed by atoms with E-state index in [9.17, 15) is 18.0 Å². The van der Waals surface area contributed by atoms with Gasteiger partial charge in [0.1, 0.15) is 0 Å². The number of benzene rings is 1. The Morgan fingerprint density at radius 3 is 2.68 bits per heavy atom. The lowest BCUT2D eigenvalue weighted by atomic mass is 10.1. The average molecular weight is 290 g/mol. The number of nitrogens with one attached hydrogen (secondary N) is 1. The van der Waals surface area contributed by atoms with Crippen molar-refractivity contribution in [2.24, 2.45) is 0 Å². The Labute approximate surface area is 113 Å². The molecular weight excluding hydrogens is 279 g/mol. The molecule has 1 amide bonds. The van der Waals surface area contributed by atoms with Gasteiger partial charge in [-0.3, -0.25) is 4.79 Å². The second-order valence-corrected chi connectivity index (χ2v) is 4.13. The summed E-state index contributed by atoms with van der Waals surface area (Å²) in [5.41, 5.74) is -0.664. The molecule has 1 aromatic carbocycles. The topological polar surface area (TPSA) is 29.1 Å². The molecular formula is C13H11ClF3NO. The molecule has 19 heavy (non-hydrogen) atoms. The Bertz CT molecular complexity index is 529. The summed E-state index contributed by atoms with van der Waals surface area (Å²) in [7, 11) is 0. The van der Waals surface area contributed by atoms with Gasteiger partial charge in [-0.15, -0.1) is 0 Å². The SMILES string of the molecule is CC(=O)NCCC#Cc1ccc(Cl)c(C(F)(F)F)c1. The van der Waals surface area contributed by atoms with E-state index in [1.54, 1.807) is 0 Å². The number of carbonyl (C=O) groups excluding carboxylic acids is 1. The van der Waals surface area contributed by atoms with Crippen LogP contribution in [0.4, 0.5) is 13.2 Å². The van der Waals surface area contributed by atoms with E-state index in [0.29, 0.717) is 13.0 Å². The van der Waals surface area contributed by atoms with Gasteiger partial charge in [-0.1, -0.05) is 23.4 Å². The summed E-state index contributed by atoms with van der Waals surface area (Å²) in [4.78, 5) is 10.6. The van der Waals surface area contributed by atoms with Gasteiger partial charge in [0.15, 0.2) is 0 Å². The summed E-state index contributed by atoms with van der Waals surface area (Å²) in [5.74, 6) is 5.10. The van der Waals surface area contributed by atoms with Crippen molar-refractivity contribution in [1.82, 2.24) is 5.32 Å². The second kappa shape index (κ2) is 6.48. The monoisotopic (exact) mass is 289 g/mol. The molecule has 0 saturated carbocycles. The Morgan fingerprint density at radius 1 is 1.42 bits per heavy atom. The summed E-state index contributed by atoms with van der Waals surface area (Å²) in [6.07, 6.45) is -4.13. The highest BCUT2D eigenvalue weighted by molar-refractivity contribution is 6.31. The van der Waals surface area contributed by atoms with Crippen molar-refractivity contribution < 1.29 is 18.0 Å². The van der Waals surface area contributed by atoms with Gasteiger partial charge >= 0.3 is 6.18 Å². The second-order valence-electron chi connectivity index (χ2n) is 3.73. The summed E-state index contributed by atoms with van der Waals surface area (Å²) < 4.78 is 37.7. The van der Waals surface area contributed by atoms with Crippen LogP contribution in [0.2, 0.25) is 5.02 Å². The van der Waals surface area contributed by atoms with Gasteiger partial charge in [-0.05, 0) is 18.2 Å². The van der Waals surface area contributed by atoms with E-state index in [1.165, 1.54) is 19.1 Å². The van der Waals surface area contributed by atoms with Crippen molar-refractivity contribution in [3.8, 4) is 11.8 Å². The number of carbonyl (C=O) groups is 1. The van der Waals surface area contributed by atoms with Crippen molar-refractivity contribution in [2.75, 3.05) is 6.54 Å². The Hall–Kier alpha value is -1.67. The molecule has 0 spiro atoms. The lowest BCUT2D eigenvalue weighted by Gasteiger charge is -2.08. The molecule has 0 aliphatic heterocycles. The lowest BCUT2D eigenvalue weighted by molar-refractivity contribution is -0.137. The standard InChI is InChI=1S/C13H11ClF3NO/c1-9(19)18-7-3-2-4-10-5-6-12(14)11(8-10)13(15,16)17/h5-6,8H,3,7H2,1H3,(H,18,19). The number of hydrogen-bond donors (Lipinski definition) is 1. The first-order valence-corrected chi connectivity index (χ1v) is 5.78. The van der Waals surface area contributed by atoms with Gasteiger partial charge in [-0.25, -0.2) is 0 Å². The number of halogens is 4. The molecule has 0 aliphatic rings. The third-order valence-electron chi connectivity index (χ3n) is 2.13. The van der Waals surface area contributed by atoms with Crippen molar-refractivity contribution in [3.63, 3.8) is 0 Å². The third-order valence-corrected chi connectivity index (χ3v) is 2.46. The molecule has 0 unspecified atom stereocenters. The number of amides is 1. The maximum atomic E-state index is 12.6. The van der Waals surface area contributed by atoms with Gasteiger partial charge in [0.2, 0.25) is 5.91 Å². The van der Waals surface area contributed by atoms with Crippen molar-refractivity contribution in [1.29, 1.82) is 0 Å². The Morgan fingerprint density at radius 2 is 2.11 bits per heavy atom. The van der Waals surface area contributed by atoms with Crippen molar-refractivity contribution in [3.05, 3.63) is 34.3 Å². The third kappa shape index (κ3) is 5.23. The highest BCUT2D eigenvalue weighted by Crippen LogP contribution is 2.34. The number of hydrogen-bond acceptors (Lipinski definition) is 1. The molecule has 0 fully saturated rings. The predicted octanol–water partition coefficient (Wildman–Crippen LogP) is 3.24. The first-order valence-electron chi connectivity index (χ1n) is 5.41. The quantitative estimate of drug-likeness (QED) is 0.657. The minimum absolute atomic E-state index is 0.173. The van der Waals surface area contributed by atoms with E-state index < -0.39 is 11.7 Å². The van der Waals surface area contributed by atoms with E-state index in [-0.39, 0.29) is 16.5 Å². The van der Waals surface area contributed by atoms with Crippen LogP contribution < -0.4 is 5.32 Å². The smallest absolute Gasteiger partial charge is 0.355 e. The molecule has 0 radical (unpaired) electrons. The van der Waals surface area contributed by atoms with Gasteiger partial charge in [0.05, 0.1) is 10.6 Å². The zero-order valence-corrected chi connectivity index (χ0v) is 10.8. The molecule has 0 bridgehead atoms. The molecule has 6 heteroatoms. The van der Waals surface area contributed by atoms with Crippen LogP contribution in [0, 0.1) is 11.8 Å². The van der Waals surface area contributed by atoms with E-state index in [4.69, 9.17) is 11.6 Å². The normalized spacial score (nSPS) is 10.6. The van der Waals surface area contributed by atoms with Crippen molar-refractivity contribution in [2.45, 2.75) is 19.5 Å². The molecule has 1 aromatic rings. The highest BCUT2D eigenvalue weighted by atomic mass is 35.5. The highest BCUT2D eigenvalue weighted by Gasteiger charge is 2.33. The summed E-state index contributed by atoms with van der Waals surface area (Å²) in [6.45, 7) is 1.74. The van der Waals surface area contributed by atoms with Gasteiger partial charge in [0, 0.05) is 25.5 Å². The Kier molecular flexibility index (Phi) is 5.25. The summed E-state index contributed by atoms with van der Waals surface area (Å²) in [5, 5.41) is 2.18. The maximum absolute atomic E-state index is 12.6.